The van der Waals surface area contributed by atoms with Gasteiger partial charge in [-0.1, -0.05) is 30.3 Å². The number of ketones is 1. The van der Waals surface area contributed by atoms with Crippen molar-refractivity contribution >= 4 is 29.2 Å². The fourth-order valence-electron chi connectivity index (χ4n) is 4.10. The maximum atomic E-state index is 14.3. The van der Waals surface area contributed by atoms with E-state index in [0.29, 0.717) is 28.0 Å². The van der Waals surface area contributed by atoms with Crippen LogP contribution in [0.25, 0.3) is 0 Å². The molecule has 0 saturated heterocycles. The first-order valence-corrected chi connectivity index (χ1v) is 12.6. The van der Waals surface area contributed by atoms with Gasteiger partial charge in [-0.15, -0.1) is 0 Å². The van der Waals surface area contributed by atoms with Crippen LogP contribution in [0.1, 0.15) is 30.5 Å². The summed E-state index contributed by atoms with van der Waals surface area (Å²) in [4.78, 5) is 35.3. The Hall–Kier alpha value is -4.84. The molecular weight excluding hydrogens is 536 g/mol. The number of benzene rings is 2. The SMILES string of the molecule is CC(=O)O.CCOC(C(=O)NCc1ccc(C(=N)N)cc1NCc1ccccc1F)N1C=C2C=CC(=O)C(F)=C2C1. The van der Waals surface area contributed by atoms with E-state index in [1.165, 1.54) is 12.1 Å². The summed E-state index contributed by atoms with van der Waals surface area (Å²) in [6.07, 6.45) is 3.23. The Balaban J connectivity index is 0.00000108. The summed E-state index contributed by atoms with van der Waals surface area (Å²) in [6.45, 7) is 3.37. The summed E-state index contributed by atoms with van der Waals surface area (Å²) in [7, 11) is 0. The molecule has 6 N–H and O–H groups in total. The largest absolute Gasteiger partial charge is 0.481 e. The predicted octanol–water partition coefficient (Wildman–Crippen LogP) is 3.35. The second-order valence-electron chi connectivity index (χ2n) is 9.02. The highest BCUT2D eigenvalue weighted by Crippen LogP contribution is 2.31. The summed E-state index contributed by atoms with van der Waals surface area (Å²) in [5, 5.41) is 21.1. The average molecular weight is 568 g/mol. The van der Waals surface area contributed by atoms with Gasteiger partial charge in [0.25, 0.3) is 11.9 Å². The number of aliphatic carboxylic acids is 1. The lowest BCUT2D eigenvalue weighted by atomic mass is 10.0. The zero-order valence-electron chi connectivity index (χ0n) is 22.5. The molecule has 2 aliphatic rings. The van der Waals surface area contributed by atoms with E-state index >= 15 is 0 Å². The van der Waals surface area contributed by atoms with Crippen molar-refractivity contribution in [2.24, 2.45) is 5.73 Å². The summed E-state index contributed by atoms with van der Waals surface area (Å²) >= 11 is 0. The number of halogens is 2. The highest BCUT2D eigenvalue weighted by molar-refractivity contribution is 6.05. The molecule has 0 fully saturated rings. The van der Waals surface area contributed by atoms with Crippen LogP contribution >= 0.6 is 0 Å². The van der Waals surface area contributed by atoms with Crippen molar-refractivity contribution in [3.8, 4) is 0 Å². The number of nitrogens with two attached hydrogens (primary N) is 1. The lowest BCUT2D eigenvalue weighted by Gasteiger charge is -2.26. The molecule has 1 atom stereocenters. The summed E-state index contributed by atoms with van der Waals surface area (Å²) in [5.74, 6) is -3.29. The topological polar surface area (TPSA) is 158 Å². The third-order valence-electron chi connectivity index (χ3n) is 6.04. The number of ether oxygens (including phenoxy) is 1. The Bertz CT molecular complexity index is 1430. The molecule has 1 amide bonds. The van der Waals surface area contributed by atoms with E-state index in [1.54, 1.807) is 54.4 Å². The van der Waals surface area contributed by atoms with Gasteiger partial charge in [0.15, 0.2) is 5.83 Å². The van der Waals surface area contributed by atoms with Crippen LogP contribution < -0.4 is 16.4 Å². The minimum atomic E-state index is -1.04. The van der Waals surface area contributed by atoms with Gasteiger partial charge in [0.05, 0.1) is 0 Å². The predicted molar refractivity (Wildman–Crippen MR) is 149 cm³/mol. The highest BCUT2D eigenvalue weighted by Gasteiger charge is 2.33. The molecule has 1 heterocycles. The van der Waals surface area contributed by atoms with E-state index < -0.39 is 29.7 Å². The number of carboxylic acids is 1. The minimum Gasteiger partial charge on any atom is -0.481 e. The number of allylic oxidation sites excluding steroid dienone is 3. The van der Waals surface area contributed by atoms with Crippen molar-refractivity contribution in [1.82, 2.24) is 10.2 Å². The molecule has 1 aliphatic heterocycles. The van der Waals surface area contributed by atoms with E-state index in [-0.39, 0.29) is 43.5 Å². The number of carbonyl (C=O) groups excluding carboxylic acids is 2. The van der Waals surface area contributed by atoms with Crippen LogP contribution in [0, 0.1) is 11.2 Å². The molecule has 12 heteroatoms. The molecular formula is C29H31F2N5O5. The lowest BCUT2D eigenvalue weighted by Crippen LogP contribution is -2.45. The number of rotatable bonds is 10. The molecule has 0 bridgehead atoms. The second-order valence-corrected chi connectivity index (χ2v) is 9.02. The number of hydrogen-bond acceptors (Lipinski definition) is 7. The van der Waals surface area contributed by atoms with E-state index in [0.717, 1.165) is 13.0 Å². The zero-order chi connectivity index (χ0) is 30.1. The number of anilines is 1. The van der Waals surface area contributed by atoms with Crippen molar-refractivity contribution < 1.29 is 33.0 Å². The summed E-state index contributed by atoms with van der Waals surface area (Å²) in [6, 6.07) is 11.4. The average Bonchev–Trinajstić information content (AvgIpc) is 3.36. The van der Waals surface area contributed by atoms with Gasteiger partial charge < -0.3 is 31.1 Å². The second kappa shape index (κ2) is 14.0. The highest BCUT2D eigenvalue weighted by atomic mass is 19.1. The van der Waals surface area contributed by atoms with E-state index in [2.05, 4.69) is 10.6 Å². The molecule has 10 nitrogen and oxygen atoms in total. The molecule has 2 aromatic rings. The van der Waals surface area contributed by atoms with Crippen LogP contribution in [0.5, 0.6) is 0 Å². The fraction of sp³-hybridized carbons (Fsp3) is 0.241. The van der Waals surface area contributed by atoms with Crippen molar-refractivity contribution in [1.29, 1.82) is 5.41 Å². The maximum Gasteiger partial charge on any atom is 0.300 e. The smallest absolute Gasteiger partial charge is 0.300 e. The first-order chi connectivity index (χ1) is 19.5. The molecule has 2 aromatic carbocycles. The Labute approximate surface area is 235 Å². The van der Waals surface area contributed by atoms with Crippen LogP contribution in [-0.2, 0) is 32.2 Å². The number of fused-ring (bicyclic) bond motifs is 1. The van der Waals surface area contributed by atoms with Gasteiger partial charge >= 0.3 is 0 Å². The first-order valence-electron chi connectivity index (χ1n) is 12.6. The van der Waals surface area contributed by atoms with Crippen LogP contribution in [0.15, 0.2) is 77.8 Å². The number of nitrogen functional groups attached to an aromatic ring is 1. The van der Waals surface area contributed by atoms with Gasteiger partial charge in [0.1, 0.15) is 11.7 Å². The Kier molecular flexibility index (Phi) is 10.5. The Morgan fingerprint density at radius 1 is 1.15 bits per heavy atom. The molecule has 1 unspecified atom stereocenters. The number of amides is 1. The summed E-state index contributed by atoms with van der Waals surface area (Å²) in [5.41, 5.74) is 8.58. The van der Waals surface area contributed by atoms with Crippen molar-refractivity contribution in [3.63, 3.8) is 0 Å². The molecule has 0 radical (unpaired) electrons. The number of nitrogens with one attached hydrogen (secondary N) is 3. The Morgan fingerprint density at radius 3 is 2.51 bits per heavy atom. The van der Waals surface area contributed by atoms with E-state index in [4.69, 9.17) is 25.8 Å². The number of carboxylic acid groups (broad SMARTS) is 1. The number of carbonyl (C=O) groups is 3. The van der Waals surface area contributed by atoms with Gasteiger partial charge in [-0.05, 0) is 42.3 Å². The van der Waals surface area contributed by atoms with Crippen molar-refractivity contribution in [2.75, 3.05) is 18.5 Å². The number of amidine groups is 1. The molecule has 41 heavy (non-hydrogen) atoms. The van der Waals surface area contributed by atoms with Crippen LogP contribution in [-0.4, -0.2) is 52.9 Å². The van der Waals surface area contributed by atoms with Gasteiger partial charge in [-0.25, -0.2) is 8.78 Å². The van der Waals surface area contributed by atoms with Crippen LogP contribution in [0.2, 0.25) is 0 Å². The van der Waals surface area contributed by atoms with E-state index in [9.17, 15) is 18.4 Å². The molecule has 0 spiro atoms. The van der Waals surface area contributed by atoms with Crippen LogP contribution in [0.3, 0.4) is 0 Å². The fourth-order valence-corrected chi connectivity index (χ4v) is 4.10. The van der Waals surface area contributed by atoms with Gasteiger partial charge in [0.2, 0.25) is 12.0 Å². The van der Waals surface area contributed by atoms with E-state index in [1.807, 2.05) is 0 Å². The normalized spacial score (nSPS) is 14.5. The lowest BCUT2D eigenvalue weighted by molar-refractivity contribution is -0.142. The van der Waals surface area contributed by atoms with Gasteiger partial charge in [0, 0.05) is 61.8 Å². The standard InChI is InChI=1S/C27H27F2N5O3.C2H4O2/c1-2-37-27(34-14-19-9-10-23(35)24(29)20(19)15-34)26(36)33-13-18-8-7-16(25(30)31)11-22(18)32-12-17-5-3-4-6-21(17)28;1-2(3)4/h3-11,14,27,32H,2,12-13,15H2,1H3,(H3,30,31)(H,33,36);1H3,(H,3,4). The molecule has 4 rings (SSSR count). The molecule has 1 aliphatic carbocycles. The maximum absolute atomic E-state index is 14.3. The van der Waals surface area contributed by atoms with Crippen LogP contribution in [0.4, 0.5) is 14.5 Å². The third-order valence-corrected chi connectivity index (χ3v) is 6.04. The quantitative estimate of drug-likeness (QED) is 0.216. The Morgan fingerprint density at radius 2 is 1.85 bits per heavy atom. The third kappa shape index (κ3) is 8.08. The van der Waals surface area contributed by atoms with Gasteiger partial charge in [-0.2, -0.15) is 0 Å². The van der Waals surface area contributed by atoms with Gasteiger partial charge in [-0.3, -0.25) is 19.8 Å². The van der Waals surface area contributed by atoms with Crippen molar-refractivity contribution in [2.45, 2.75) is 33.2 Å². The number of nitrogens with zero attached hydrogens (tertiary/aromatic N) is 1. The minimum absolute atomic E-state index is 0.0259. The molecule has 0 aromatic heterocycles. The number of hydrogen-bond donors (Lipinski definition) is 5. The van der Waals surface area contributed by atoms with Crippen molar-refractivity contribution in [3.05, 3.63) is 100 Å². The summed E-state index contributed by atoms with van der Waals surface area (Å²) < 4.78 is 34.0. The monoisotopic (exact) mass is 567 g/mol. The molecule has 0 saturated carbocycles. The zero-order valence-corrected chi connectivity index (χ0v) is 22.5. The first kappa shape index (κ1) is 30.7. The molecule has 216 valence electrons.